The fourth-order valence-electron chi connectivity index (χ4n) is 3.50. The Labute approximate surface area is 142 Å². The van der Waals surface area contributed by atoms with Crippen LogP contribution < -0.4 is 0 Å². The van der Waals surface area contributed by atoms with Gasteiger partial charge in [-0.3, -0.25) is 9.59 Å². The molecule has 1 N–H and O–H groups in total. The van der Waals surface area contributed by atoms with E-state index in [0.29, 0.717) is 43.9 Å². The van der Waals surface area contributed by atoms with Crippen molar-refractivity contribution in [3.05, 3.63) is 22.5 Å². The number of carbonyl (C=O) groups is 2. The molecule has 1 saturated heterocycles. The summed E-state index contributed by atoms with van der Waals surface area (Å²) < 4.78 is 25.2. The molecule has 1 aliphatic carbocycles. The molecule has 2 aliphatic rings. The molecule has 2 heterocycles. The molecule has 0 aromatic carbocycles. The predicted octanol–water partition coefficient (Wildman–Crippen LogP) is 0.950. The van der Waals surface area contributed by atoms with Crippen molar-refractivity contribution in [2.24, 2.45) is 0 Å². The van der Waals surface area contributed by atoms with E-state index in [9.17, 15) is 18.0 Å². The Morgan fingerprint density at radius 3 is 2.42 bits per heavy atom. The third-order valence-corrected chi connectivity index (χ3v) is 6.82. The molecule has 0 unspecified atom stereocenters. The van der Waals surface area contributed by atoms with Crippen molar-refractivity contribution >= 4 is 21.7 Å². The molecule has 1 aromatic heterocycles. The molecule has 0 spiro atoms. The minimum Gasteiger partial charge on any atom is -0.354 e. The van der Waals surface area contributed by atoms with Crippen molar-refractivity contribution in [3.63, 3.8) is 0 Å². The normalized spacial score (nSPS) is 19.4. The maximum Gasteiger partial charge on any atom is 0.270 e. The van der Waals surface area contributed by atoms with Crippen LogP contribution in [0.5, 0.6) is 0 Å². The molecule has 8 heteroatoms. The number of Topliss-reactive ketones (excluding diaryl/α,β-unsaturated/α-hetero) is 1. The Kier molecular flexibility index (Phi) is 4.52. The average molecular weight is 353 g/mol. The van der Waals surface area contributed by atoms with Gasteiger partial charge >= 0.3 is 0 Å². The summed E-state index contributed by atoms with van der Waals surface area (Å²) in [5, 5.41) is 0. The van der Waals surface area contributed by atoms with Crippen molar-refractivity contribution < 1.29 is 18.0 Å². The van der Waals surface area contributed by atoms with E-state index >= 15 is 0 Å². The molecule has 1 aromatic rings. The van der Waals surface area contributed by atoms with Gasteiger partial charge in [0.1, 0.15) is 5.69 Å². The van der Waals surface area contributed by atoms with Gasteiger partial charge in [-0.05, 0) is 32.3 Å². The number of H-pyrrole nitrogens is 1. The van der Waals surface area contributed by atoms with Gasteiger partial charge in [-0.1, -0.05) is 0 Å². The number of nitrogens with zero attached hydrogens (tertiary/aromatic N) is 2. The summed E-state index contributed by atoms with van der Waals surface area (Å²) >= 11 is 0. The quantitative estimate of drug-likeness (QED) is 0.876. The number of fused-ring (bicyclic) bond motifs is 1. The van der Waals surface area contributed by atoms with Crippen LogP contribution in [0.1, 0.15) is 51.9 Å². The molecule has 24 heavy (non-hydrogen) atoms. The highest BCUT2D eigenvalue weighted by Gasteiger charge is 2.31. The van der Waals surface area contributed by atoms with Gasteiger partial charge in [0.25, 0.3) is 5.91 Å². The number of aryl methyl sites for hydroxylation is 1. The Morgan fingerprint density at radius 1 is 1.17 bits per heavy atom. The van der Waals surface area contributed by atoms with Crippen LogP contribution in [0.2, 0.25) is 0 Å². The number of nitrogens with one attached hydrogen (secondary N) is 1. The summed E-state index contributed by atoms with van der Waals surface area (Å²) in [4.78, 5) is 29.7. The maximum absolute atomic E-state index is 12.8. The van der Waals surface area contributed by atoms with E-state index in [-0.39, 0.29) is 17.4 Å². The number of aromatic nitrogens is 1. The maximum atomic E-state index is 12.8. The van der Waals surface area contributed by atoms with Crippen LogP contribution >= 0.6 is 0 Å². The van der Waals surface area contributed by atoms with Gasteiger partial charge < -0.3 is 9.88 Å². The smallest absolute Gasteiger partial charge is 0.270 e. The lowest BCUT2D eigenvalue weighted by molar-refractivity contribution is 0.0692. The second-order valence-corrected chi connectivity index (χ2v) is 8.60. The lowest BCUT2D eigenvalue weighted by atomic mass is 9.94. The molecule has 1 fully saturated rings. The van der Waals surface area contributed by atoms with Gasteiger partial charge in [-0.2, -0.15) is 4.31 Å². The fraction of sp³-hybridized carbons (Fsp3) is 0.625. The minimum absolute atomic E-state index is 0.0749. The van der Waals surface area contributed by atoms with E-state index in [4.69, 9.17) is 0 Å². The van der Waals surface area contributed by atoms with Gasteiger partial charge in [-0.15, -0.1) is 0 Å². The van der Waals surface area contributed by atoms with E-state index in [1.807, 2.05) is 6.92 Å². The Bertz CT molecular complexity index is 773. The van der Waals surface area contributed by atoms with E-state index < -0.39 is 10.0 Å². The number of sulfonamides is 1. The standard InChI is InChI=1S/C16H23N3O4S/c1-3-24(22,23)19-9-7-18(8-10-19)16(21)15-11(2)14-12(17-15)5-4-6-13(14)20/h17H,3-10H2,1-2H3. The zero-order valence-corrected chi connectivity index (χ0v) is 14.9. The second-order valence-electron chi connectivity index (χ2n) is 6.35. The molecule has 0 radical (unpaired) electrons. The Hall–Kier alpha value is -1.67. The highest BCUT2D eigenvalue weighted by molar-refractivity contribution is 7.89. The number of hydrogen-bond donors (Lipinski definition) is 1. The lowest BCUT2D eigenvalue weighted by Crippen LogP contribution is -2.51. The summed E-state index contributed by atoms with van der Waals surface area (Å²) in [6.07, 6.45) is 2.14. The number of carbonyl (C=O) groups excluding carboxylic acids is 2. The third-order valence-electron chi connectivity index (χ3n) is 4.94. The zero-order valence-electron chi connectivity index (χ0n) is 14.1. The Morgan fingerprint density at radius 2 is 1.83 bits per heavy atom. The highest BCUT2D eigenvalue weighted by atomic mass is 32.2. The average Bonchev–Trinajstić information content (AvgIpc) is 2.92. The number of hydrogen-bond acceptors (Lipinski definition) is 4. The first kappa shape index (κ1) is 17.2. The molecule has 7 nitrogen and oxygen atoms in total. The summed E-state index contributed by atoms with van der Waals surface area (Å²) in [5.41, 5.74) is 2.74. The van der Waals surface area contributed by atoms with Gasteiger partial charge in [0, 0.05) is 43.9 Å². The summed E-state index contributed by atoms with van der Waals surface area (Å²) in [6.45, 7) is 4.81. The molecule has 1 aliphatic heterocycles. The lowest BCUT2D eigenvalue weighted by Gasteiger charge is -2.33. The number of piperazine rings is 1. The molecular formula is C16H23N3O4S. The molecule has 0 saturated carbocycles. The molecule has 1 amide bonds. The van der Waals surface area contributed by atoms with E-state index in [0.717, 1.165) is 24.1 Å². The first-order chi connectivity index (χ1) is 11.3. The minimum atomic E-state index is -3.21. The number of rotatable bonds is 3. The number of amides is 1. The van der Waals surface area contributed by atoms with Crippen LogP contribution in [0.4, 0.5) is 0 Å². The van der Waals surface area contributed by atoms with Crippen molar-refractivity contribution in [2.45, 2.75) is 33.1 Å². The summed E-state index contributed by atoms with van der Waals surface area (Å²) in [6, 6.07) is 0. The third kappa shape index (κ3) is 2.88. The fourth-order valence-corrected chi connectivity index (χ4v) is 4.58. The van der Waals surface area contributed by atoms with Crippen LogP contribution in [0, 0.1) is 6.92 Å². The van der Waals surface area contributed by atoms with Crippen LogP contribution in [-0.2, 0) is 16.4 Å². The van der Waals surface area contributed by atoms with Gasteiger partial charge in [0.2, 0.25) is 10.0 Å². The molecule has 0 atom stereocenters. The molecular weight excluding hydrogens is 330 g/mol. The van der Waals surface area contributed by atoms with Crippen LogP contribution in [0.15, 0.2) is 0 Å². The van der Waals surface area contributed by atoms with Gasteiger partial charge in [0.05, 0.1) is 5.75 Å². The first-order valence-electron chi connectivity index (χ1n) is 8.37. The monoisotopic (exact) mass is 353 g/mol. The van der Waals surface area contributed by atoms with Crippen LogP contribution in [0.3, 0.4) is 0 Å². The number of ketones is 1. The largest absolute Gasteiger partial charge is 0.354 e. The van der Waals surface area contributed by atoms with Crippen molar-refractivity contribution in [2.75, 3.05) is 31.9 Å². The highest BCUT2D eigenvalue weighted by Crippen LogP contribution is 2.27. The van der Waals surface area contributed by atoms with Crippen LogP contribution in [0.25, 0.3) is 0 Å². The van der Waals surface area contributed by atoms with Crippen molar-refractivity contribution in [1.29, 1.82) is 0 Å². The molecule has 0 bridgehead atoms. The predicted molar refractivity (Wildman–Crippen MR) is 89.7 cm³/mol. The van der Waals surface area contributed by atoms with Gasteiger partial charge in [0.15, 0.2) is 5.78 Å². The number of aromatic amines is 1. The summed E-state index contributed by atoms with van der Waals surface area (Å²) in [5.74, 6) is 0.0251. The van der Waals surface area contributed by atoms with E-state index in [1.165, 1.54) is 4.31 Å². The SMILES string of the molecule is CCS(=O)(=O)N1CCN(C(=O)c2[nH]c3c(c2C)C(=O)CCC3)CC1. The summed E-state index contributed by atoms with van der Waals surface area (Å²) in [7, 11) is -3.21. The van der Waals surface area contributed by atoms with Crippen LogP contribution in [-0.4, -0.2) is 66.2 Å². The molecule has 132 valence electrons. The second kappa shape index (κ2) is 6.33. The van der Waals surface area contributed by atoms with E-state index in [2.05, 4.69) is 4.98 Å². The van der Waals surface area contributed by atoms with Crippen molar-refractivity contribution in [3.8, 4) is 0 Å². The first-order valence-corrected chi connectivity index (χ1v) is 9.97. The molecule has 3 rings (SSSR count). The van der Waals surface area contributed by atoms with E-state index in [1.54, 1.807) is 11.8 Å². The van der Waals surface area contributed by atoms with Gasteiger partial charge in [-0.25, -0.2) is 8.42 Å². The van der Waals surface area contributed by atoms with Crippen molar-refractivity contribution in [1.82, 2.24) is 14.2 Å². The Balaban J connectivity index is 1.76. The zero-order chi connectivity index (χ0) is 17.5. The topological polar surface area (TPSA) is 90.6 Å².